The van der Waals surface area contributed by atoms with Crippen LogP contribution in [0.1, 0.15) is 10.9 Å². The lowest BCUT2D eigenvalue weighted by Crippen LogP contribution is -2.34. The second-order valence-electron chi connectivity index (χ2n) is 4.97. The Morgan fingerprint density at radius 3 is 2.78 bits per heavy atom. The van der Waals surface area contributed by atoms with Crippen LogP contribution in [-0.2, 0) is 0 Å². The number of amides is 2. The molecule has 1 fully saturated rings. The molecule has 3 rings (SSSR count). The van der Waals surface area contributed by atoms with Gasteiger partial charge in [0.05, 0.1) is 15.7 Å². The van der Waals surface area contributed by atoms with E-state index in [1.165, 1.54) is 17.8 Å². The summed E-state index contributed by atoms with van der Waals surface area (Å²) in [4.78, 5) is 14.1. The zero-order valence-electron chi connectivity index (χ0n) is 11.9. The first-order valence-electron chi connectivity index (χ1n) is 6.95. The van der Waals surface area contributed by atoms with Crippen molar-refractivity contribution in [1.82, 2.24) is 4.90 Å². The van der Waals surface area contributed by atoms with Gasteiger partial charge in [0.15, 0.2) is 0 Å². The van der Waals surface area contributed by atoms with E-state index in [-0.39, 0.29) is 22.2 Å². The van der Waals surface area contributed by atoms with Crippen molar-refractivity contribution in [3.63, 3.8) is 0 Å². The molecule has 0 unspecified atom stereocenters. The summed E-state index contributed by atoms with van der Waals surface area (Å²) in [5.41, 5.74) is 0.940. The van der Waals surface area contributed by atoms with Crippen LogP contribution in [0, 0.1) is 5.82 Å². The van der Waals surface area contributed by atoms with Crippen LogP contribution in [0.4, 0.5) is 14.9 Å². The standard InChI is InChI=1S/C16H13Cl2FN2OS/c17-11-5-3-7-13(14(11)18)20-16(22)21-8-9-23-15(21)10-4-1-2-6-12(10)19/h1-7,15H,8-9H2,(H,20,22)/t15-/m0/s1. The SMILES string of the molecule is O=C(Nc1cccc(Cl)c1Cl)N1CCS[C@H]1c1ccccc1F. The molecule has 0 saturated carbocycles. The average molecular weight is 371 g/mol. The number of rotatable bonds is 2. The number of benzene rings is 2. The highest BCUT2D eigenvalue weighted by atomic mass is 35.5. The van der Waals surface area contributed by atoms with Crippen LogP contribution in [0.25, 0.3) is 0 Å². The summed E-state index contributed by atoms with van der Waals surface area (Å²) in [5, 5.41) is 3.05. The maximum Gasteiger partial charge on any atom is 0.323 e. The van der Waals surface area contributed by atoms with Crippen LogP contribution in [0.5, 0.6) is 0 Å². The first kappa shape index (κ1) is 16.4. The summed E-state index contributed by atoms with van der Waals surface area (Å²) in [6.45, 7) is 0.535. The predicted octanol–water partition coefficient (Wildman–Crippen LogP) is 5.41. The van der Waals surface area contributed by atoms with Gasteiger partial charge in [0.2, 0.25) is 0 Å². The van der Waals surface area contributed by atoms with E-state index in [0.29, 0.717) is 22.8 Å². The van der Waals surface area contributed by atoms with Gasteiger partial charge in [-0.2, -0.15) is 0 Å². The fraction of sp³-hybridized carbons (Fsp3) is 0.188. The minimum absolute atomic E-state index is 0.289. The van der Waals surface area contributed by atoms with E-state index in [1.807, 2.05) is 0 Å². The summed E-state index contributed by atoms with van der Waals surface area (Å²) in [6, 6.07) is 11.2. The highest BCUT2D eigenvalue weighted by Gasteiger charge is 2.32. The number of halogens is 3. The van der Waals surface area contributed by atoms with Crippen molar-refractivity contribution in [2.45, 2.75) is 5.37 Å². The number of thioether (sulfide) groups is 1. The molecule has 0 spiro atoms. The van der Waals surface area contributed by atoms with Gasteiger partial charge in [0, 0.05) is 17.9 Å². The van der Waals surface area contributed by atoms with E-state index in [9.17, 15) is 9.18 Å². The molecule has 120 valence electrons. The van der Waals surface area contributed by atoms with Gasteiger partial charge < -0.3 is 10.2 Å². The third-order valence-corrected chi connectivity index (χ3v) is 5.58. The molecule has 0 bridgehead atoms. The Hall–Kier alpha value is -1.43. The molecule has 2 aromatic carbocycles. The Labute approximate surface area is 147 Å². The molecular formula is C16H13Cl2FN2OS. The molecular weight excluding hydrogens is 358 g/mol. The predicted molar refractivity (Wildman–Crippen MR) is 93.8 cm³/mol. The summed E-state index contributed by atoms with van der Waals surface area (Å²) in [6.07, 6.45) is 0. The molecule has 3 nitrogen and oxygen atoms in total. The van der Waals surface area contributed by atoms with Gasteiger partial charge in [-0.05, 0) is 18.2 Å². The zero-order valence-corrected chi connectivity index (χ0v) is 14.3. The maximum atomic E-state index is 14.0. The lowest BCUT2D eigenvalue weighted by molar-refractivity contribution is 0.213. The molecule has 2 aromatic rings. The van der Waals surface area contributed by atoms with Gasteiger partial charge in [-0.3, -0.25) is 0 Å². The molecule has 1 saturated heterocycles. The van der Waals surface area contributed by atoms with Crippen molar-refractivity contribution in [1.29, 1.82) is 0 Å². The first-order chi connectivity index (χ1) is 11.1. The van der Waals surface area contributed by atoms with Gasteiger partial charge >= 0.3 is 6.03 Å². The minimum Gasteiger partial charge on any atom is -0.307 e. The number of carbonyl (C=O) groups is 1. The molecule has 2 amide bonds. The van der Waals surface area contributed by atoms with Gasteiger partial charge in [-0.1, -0.05) is 47.5 Å². The Balaban J connectivity index is 1.81. The Kier molecular flexibility index (Phi) is 4.99. The van der Waals surface area contributed by atoms with Crippen LogP contribution in [0.2, 0.25) is 10.0 Å². The van der Waals surface area contributed by atoms with Crippen molar-refractivity contribution in [2.24, 2.45) is 0 Å². The number of urea groups is 1. The van der Waals surface area contributed by atoms with Gasteiger partial charge in [0.25, 0.3) is 0 Å². The summed E-state index contributed by atoms with van der Waals surface area (Å²) in [7, 11) is 0. The van der Waals surface area contributed by atoms with Crippen LogP contribution in [0.3, 0.4) is 0 Å². The lowest BCUT2D eigenvalue weighted by Gasteiger charge is -2.25. The second-order valence-corrected chi connectivity index (χ2v) is 6.94. The Morgan fingerprint density at radius 2 is 2.00 bits per heavy atom. The highest BCUT2D eigenvalue weighted by molar-refractivity contribution is 7.99. The van der Waals surface area contributed by atoms with E-state index in [1.54, 1.807) is 41.3 Å². The van der Waals surface area contributed by atoms with Crippen molar-refractivity contribution in [3.05, 3.63) is 63.9 Å². The quantitative estimate of drug-likeness (QED) is 0.765. The van der Waals surface area contributed by atoms with Crippen molar-refractivity contribution in [2.75, 3.05) is 17.6 Å². The Bertz CT molecular complexity index is 744. The molecule has 1 heterocycles. The molecule has 0 aromatic heterocycles. The largest absolute Gasteiger partial charge is 0.323 e. The molecule has 0 aliphatic carbocycles. The minimum atomic E-state index is -0.353. The number of anilines is 1. The van der Waals surface area contributed by atoms with E-state index in [2.05, 4.69) is 5.32 Å². The second kappa shape index (κ2) is 6.99. The summed E-state index contributed by atoms with van der Waals surface area (Å²) >= 11 is 13.6. The summed E-state index contributed by atoms with van der Waals surface area (Å²) < 4.78 is 14.0. The normalized spacial score (nSPS) is 17.3. The molecule has 0 radical (unpaired) electrons. The van der Waals surface area contributed by atoms with Crippen molar-refractivity contribution < 1.29 is 9.18 Å². The fourth-order valence-electron chi connectivity index (χ4n) is 2.40. The third-order valence-electron chi connectivity index (χ3n) is 3.52. The lowest BCUT2D eigenvalue weighted by atomic mass is 10.2. The molecule has 23 heavy (non-hydrogen) atoms. The van der Waals surface area contributed by atoms with Crippen molar-refractivity contribution in [3.8, 4) is 0 Å². The molecule has 1 aliphatic heterocycles. The number of nitrogens with one attached hydrogen (secondary N) is 1. The van der Waals surface area contributed by atoms with E-state index in [4.69, 9.17) is 23.2 Å². The Morgan fingerprint density at radius 1 is 1.22 bits per heavy atom. The maximum absolute atomic E-state index is 14.0. The number of hydrogen-bond acceptors (Lipinski definition) is 2. The van der Waals surface area contributed by atoms with E-state index >= 15 is 0 Å². The first-order valence-corrected chi connectivity index (χ1v) is 8.76. The third kappa shape index (κ3) is 3.42. The zero-order chi connectivity index (χ0) is 16.4. The van der Waals surface area contributed by atoms with E-state index in [0.717, 1.165) is 5.75 Å². The number of carbonyl (C=O) groups excluding carboxylic acids is 1. The topological polar surface area (TPSA) is 32.3 Å². The van der Waals surface area contributed by atoms with Crippen molar-refractivity contribution >= 4 is 46.7 Å². The van der Waals surface area contributed by atoms with Crippen LogP contribution >= 0.6 is 35.0 Å². The molecule has 7 heteroatoms. The van der Waals surface area contributed by atoms with Gasteiger partial charge in [-0.15, -0.1) is 11.8 Å². The van der Waals surface area contributed by atoms with Gasteiger partial charge in [0.1, 0.15) is 11.2 Å². The van der Waals surface area contributed by atoms with E-state index < -0.39 is 0 Å². The number of hydrogen-bond donors (Lipinski definition) is 1. The highest BCUT2D eigenvalue weighted by Crippen LogP contribution is 2.39. The fourth-order valence-corrected chi connectivity index (χ4v) is 4.02. The van der Waals surface area contributed by atoms with Crippen LogP contribution in [0.15, 0.2) is 42.5 Å². The molecule has 1 aliphatic rings. The summed E-state index contributed by atoms with van der Waals surface area (Å²) in [5.74, 6) is 0.431. The van der Waals surface area contributed by atoms with Crippen LogP contribution in [-0.4, -0.2) is 23.2 Å². The number of nitrogens with zero attached hydrogens (tertiary/aromatic N) is 1. The average Bonchev–Trinajstić information content (AvgIpc) is 3.02. The van der Waals surface area contributed by atoms with Crippen LogP contribution < -0.4 is 5.32 Å². The smallest absolute Gasteiger partial charge is 0.307 e. The van der Waals surface area contributed by atoms with Gasteiger partial charge in [-0.25, -0.2) is 9.18 Å². The molecule has 1 atom stereocenters. The monoisotopic (exact) mass is 370 g/mol. The molecule has 1 N–H and O–H groups in total.